The third kappa shape index (κ3) is 4.18. The molecular formula is C19H13ClN2O6. The molecule has 0 bridgehead atoms. The standard InChI is InChI=1S/C19H13ClN2O6/c20-12-4-6-13(7-5-12)22-18(26)15(17(25)21-19(22)27)9-11-2-1-3-14(8-11)28-10-16(23)24/h1-9H,10H2,(H,23,24)(H,21,25,27)/b15-9-. The van der Waals surface area contributed by atoms with Crippen LogP contribution in [-0.2, 0) is 14.4 Å². The number of carbonyl (C=O) groups excluding carboxylic acids is 3. The van der Waals surface area contributed by atoms with Gasteiger partial charge in [-0.3, -0.25) is 14.9 Å². The van der Waals surface area contributed by atoms with Crippen LogP contribution >= 0.6 is 11.6 Å². The maximum atomic E-state index is 12.8. The monoisotopic (exact) mass is 400 g/mol. The van der Waals surface area contributed by atoms with Crippen LogP contribution in [0, 0.1) is 0 Å². The Bertz CT molecular complexity index is 1000. The number of hydrogen-bond donors (Lipinski definition) is 2. The largest absolute Gasteiger partial charge is 0.482 e. The van der Waals surface area contributed by atoms with Crippen LogP contribution in [0.4, 0.5) is 10.5 Å². The first kappa shape index (κ1) is 19.1. The molecule has 28 heavy (non-hydrogen) atoms. The maximum absolute atomic E-state index is 12.8. The Balaban J connectivity index is 1.92. The molecule has 0 aromatic heterocycles. The Morgan fingerprint density at radius 1 is 1.14 bits per heavy atom. The van der Waals surface area contributed by atoms with Gasteiger partial charge in [0.1, 0.15) is 11.3 Å². The molecule has 2 N–H and O–H groups in total. The fourth-order valence-electron chi connectivity index (χ4n) is 2.49. The Kier molecular flexibility index (Phi) is 5.42. The molecule has 1 heterocycles. The van der Waals surface area contributed by atoms with Crippen molar-refractivity contribution in [3.63, 3.8) is 0 Å². The molecule has 2 aromatic carbocycles. The minimum absolute atomic E-state index is 0.254. The zero-order valence-corrected chi connectivity index (χ0v) is 15.0. The van der Waals surface area contributed by atoms with Crippen LogP contribution < -0.4 is 15.0 Å². The second kappa shape index (κ2) is 7.93. The number of nitrogens with zero attached hydrogens (tertiary/aromatic N) is 1. The van der Waals surface area contributed by atoms with E-state index in [1.54, 1.807) is 12.1 Å². The molecule has 0 unspecified atom stereocenters. The van der Waals surface area contributed by atoms with Crippen molar-refractivity contribution in [1.82, 2.24) is 5.32 Å². The quantitative estimate of drug-likeness (QED) is 0.588. The van der Waals surface area contributed by atoms with Gasteiger partial charge in [0.25, 0.3) is 11.8 Å². The highest BCUT2D eigenvalue weighted by Gasteiger charge is 2.36. The van der Waals surface area contributed by atoms with E-state index < -0.39 is 30.4 Å². The normalized spacial score (nSPS) is 15.5. The lowest BCUT2D eigenvalue weighted by molar-refractivity contribution is -0.139. The van der Waals surface area contributed by atoms with Crippen LogP contribution in [0.2, 0.25) is 5.02 Å². The second-order valence-electron chi connectivity index (χ2n) is 5.69. The van der Waals surface area contributed by atoms with Gasteiger partial charge in [-0.1, -0.05) is 23.7 Å². The first-order chi connectivity index (χ1) is 13.3. The van der Waals surface area contributed by atoms with Gasteiger partial charge in [-0.05, 0) is 48.0 Å². The predicted molar refractivity (Wildman–Crippen MR) is 100 cm³/mol. The van der Waals surface area contributed by atoms with Crippen molar-refractivity contribution in [1.29, 1.82) is 0 Å². The molecule has 0 radical (unpaired) electrons. The highest BCUT2D eigenvalue weighted by Crippen LogP contribution is 2.24. The number of hydrogen-bond acceptors (Lipinski definition) is 5. The number of anilines is 1. The number of carboxylic acid groups (broad SMARTS) is 1. The van der Waals surface area contributed by atoms with Crippen LogP contribution in [-0.4, -0.2) is 35.5 Å². The molecule has 0 atom stereocenters. The van der Waals surface area contributed by atoms with E-state index in [2.05, 4.69) is 5.32 Å². The summed E-state index contributed by atoms with van der Waals surface area (Å²) in [5.41, 5.74) is 0.417. The van der Waals surface area contributed by atoms with Crippen molar-refractivity contribution in [2.75, 3.05) is 11.5 Å². The summed E-state index contributed by atoms with van der Waals surface area (Å²) in [5.74, 6) is -2.52. The van der Waals surface area contributed by atoms with Crippen molar-refractivity contribution < 1.29 is 29.0 Å². The van der Waals surface area contributed by atoms with Crippen LogP contribution in [0.1, 0.15) is 5.56 Å². The number of carboxylic acids is 1. The SMILES string of the molecule is O=C(O)COc1cccc(/C=C2/C(=O)NC(=O)N(c3ccc(Cl)cc3)C2=O)c1. The summed E-state index contributed by atoms with van der Waals surface area (Å²) in [6.45, 7) is -0.529. The lowest BCUT2D eigenvalue weighted by Crippen LogP contribution is -2.54. The van der Waals surface area contributed by atoms with Gasteiger partial charge in [0.2, 0.25) is 0 Å². The van der Waals surface area contributed by atoms with E-state index in [9.17, 15) is 19.2 Å². The topological polar surface area (TPSA) is 113 Å². The summed E-state index contributed by atoms with van der Waals surface area (Å²) in [5, 5.41) is 11.2. The van der Waals surface area contributed by atoms with Crippen molar-refractivity contribution in [2.24, 2.45) is 0 Å². The zero-order valence-electron chi connectivity index (χ0n) is 14.2. The Labute approximate surface area is 164 Å². The van der Waals surface area contributed by atoms with Crippen molar-refractivity contribution in [3.05, 3.63) is 64.7 Å². The van der Waals surface area contributed by atoms with Gasteiger partial charge in [0, 0.05) is 5.02 Å². The molecule has 1 aliphatic rings. The fourth-order valence-corrected chi connectivity index (χ4v) is 2.61. The molecule has 9 heteroatoms. The molecular weight excluding hydrogens is 388 g/mol. The Morgan fingerprint density at radius 3 is 2.54 bits per heavy atom. The first-order valence-electron chi connectivity index (χ1n) is 7.97. The molecule has 0 aliphatic carbocycles. The molecule has 0 saturated carbocycles. The number of carbonyl (C=O) groups is 4. The number of halogens is 1. The highest BCUT2D eigenvalue weighted by atomic mass is 35.5. The minimum Gasteiger partial charge on any atom is -0.482 e. The van der Waals surface area contributed by atoms with Crippen molar-refractivity contribution in [2.45, 2.75) is 0 Å². The van der Waals surface area contributed by atoms with Gasteiger partial charge >= 0.3 is 12.0 Å². The van der Waals surface area contributed by atoms with E-state index in [4.69, 9.17) is 21.4 Å². The molecule has 142 valence electrons. The number of amides is 4. The summed E-state index contributed by atoms with van der Waals surface area (Å²) in [4.78, 5) is 48.5. The van der Waals surface area contributed by atoms with E-state index in [0.29, 0.717) is 10.6 Å². The number of barbiturate groups is 1. The molecule has 8 nitrogen and oxygen atoms in total. The van der Waals surface area contributed by atoms with Crippen molar-refractivity contribution in [3.8, 4) is 5.75 Å². The van der Waals surface area contributed by atoms with E-state index >= 15 is 0 Å². The summed E-state index contributed by atoms with van der Waals surface area (Å²) >= 11 is 5.82. The minimum atomic E-state index is -1.14. The van der Waals surface area contributed by atoms with Gasteiger partial charge < -0.3 is 9.84 Å². The number of imide groups is 2. The summed E-state index contributed by atoms with van der Waals surface area (Å²) in [6.07, 6.45) is 1.29. The number of ether oxygens (including phenoxy) is 1. The smallest absolute Gasteiger partial charge is 0.341 e. The maximum Gasteiger partial charge on any atom is 0.341 e. The highest BCUT2D eigenvalue weighted by molar-refractivity contribution is 6.39. The number of urea groups is 1. The van der Waals surface area contributed by atoms with E-state index in [0.717, 1.165) is 4.90 Å². The van der Waals surface area contributed by atoms with Gasteiger partial charge in [-0.25, -0.2) is 14.5 Å². The third-order valence-electron chi connectivity index (χ3n) is 3.72. The number of aliphatic carboxylic acids is 1. The van der Waals surface area contributed by atoms with Crippen LogP contribution in [0.3, 0.4) is 0 Å². The number of rotatable bonds is 5. The van der Waals surface area contributed by atoms with Crippen LogP contribution in [0.15, 0.2) is 54.1 Å². The third-order valence-corrected chi connectivity index (χ3v) is 3.97. The number of nitrogens with one attached hydrogen (secondary N) is 1. The molecule has 0 spiro atoms. The van der Waals surface area contributed by atoms with Gasteiger partial charge in [0.15, 0.2) is 6.61 Å². The average Bonchev–Trinajstić information content (AvgIpc) is 2.65. The molecule has 2 aromatic rings. The van der Waals surface area contributed by atoms with E-state index in [1.807, 2.05) is 0 Å². The van der Waals surface area contributed by atoms with Crippen LogP contribution in [0.25, 0.3) is 6.08 Å². The molecule has 1 fully saturated rings. The lowest BCUT2D eigenvalue weighted by Gasteiger charge is -2.26. The van der Waals surface area contributed by atoms with Crippen molar-refractivity contribution >= 4 is 47.2 Å². The summed E-state index contributed by atoms with van der Waals surface area (Å²) in [6, 6.07) is 11.3. The van der Waals surface area contributed by atoms with E-state index in [-0.39, 0.29) is 17.0 Å². The van der Waals surface area contributed by atoms with Crippen LogP contribution in [0.5, 0.6) is 5.75 Å². The molecule has 1 saturated heterocycles. The van der Waals surface area contributed by atoms with Gasteiger partial charge in [0.05, 0.1) is 5.69 Å². The van der Waals surface area contributed by atoms with E-state index in [1.165, 1.54) is 42.5 Å². The zero-order chi connectivity index (χ0) is 20.3. The fraction of sp³-hybridized carbons (Fsp3) is 0.0526. The van der Waals surface area contributed by atoms with Gasteiger partial charge in [-0.15, -0.1) is 0 Å². The Morgan fingerprint density at radius 2 is 1.86 bits per heavy atom. The van der Waals surface area contributed by atoms with Gasteiger partial charge in [-0.2, -0.15) is 0 Å². The lowest BCUT2D eigenvalue weighted by atomic mass is 10.1. The number of benzene rings is 2. The first-order valence-corrected chi connectivity index (χ1v) is 8.34. The average molecular weight is 401 g/mol. The summed E-state index contributed by atoms with van der Waals surface area (Å²) < 4.78 is 5.08. The molecule has 4 amide bonds. The molecule has 3 rings (SSSR count). The summed E-state index contributed by atoms with van der Waals surface area (Å²) in [7, 11) is 0. The Hall–Kier alpha value is -3.65. The predicted octanol–water partition coefficient (Wildman–Crippen LogP) is 2.47. The molecule has 1 aliphatic heterocycles. The second-order valence-corrected chi connectivity index (χ2v) is 6.13.